The molecule has 32 heavy (non-hydrogen) atoms. The van der Waals surface area contributed by atoms with Gasteiger partial charge in [0.05, 0.1) is 9.13 Å². The zero-order chi connectivity index (χ0) is 25.1. The van der Waals surface area contributed by atoms with Gasteiger partial charge in [0.15, 0.2) is 16.7 Å². The van der Waals surface area contributed by atoms with Crippen LogP contribution in [-0.4, -0.2) is 55.0 Å². The number of esters is 3. The highest BCUT2D eigenvalue weighted by molar-refractivity contribution is 14.1. The maximum Gasteiger partial charge on any atom is 0.432 e. The maximum absolute atomic E-state index is 13.4. The lowest BCUT2D eigenvalue weighted by Gasteiger charge is -2.29. The largest absolute Gasteiger partial charge is 0.743 e. The minimum absolute atomic E-state index is 0.00256. The Bertz CT molecular complexity index is 1040. The van der Waals surface area contributed by atoms with E-state index in [0.29, 0.717) is 6.07 Å². The molecule has 1 atom stereocenters. The molecule has 0 aliphatic heterocycles. The molecule has 0 saturated heterocycles. The summed E-state index contributed by atoms with van der Waals surface area (Å²) in [6.07, 6.45) is -10.7. The van der Waals surface area contributed by atoms with E-state index >= 15 is 0 Å². The van der Waals surface area contributed by atoms with Gasteiger partial charge in [-0.1, -0.05) is 6.58 Å². The highest BCUT2D eigenvalue weighted by Crippen LogP contribution is 2.38. The summed E-state index contributed by atoms with van der Waals surface area (Å²) in [5.41, 5.74) is -0.765. The molecule has 0 aromatic heterocycles. The van der Waals surface area contributed by atoms with Crippen LogP contribution in [0.15, 0.2) is 30.4 Å². The van der Waals surface area contributed by atoms with Crippen molar-refractivity contribution < 1.29 is 63.5 Å². The van der Waals surface area contributed by atoms with Crippen LogP contribution < -0.4 is 4.74 Å². The third kappa shape index (κ3) is 7.09. The summed E-state index contributed by atoms with van der Waals surface area (Å²) in [5.74, 6) is -4.25. The van der Waals surface area contributed by atoms with Crippen LogP contribution in [0.5, 0.6) is 5.75 Å². The number of ether oxygens (including phenoxy) is 3. The number of carbonyl (C=O) groups is 3. The van der Waals surface area contributed by atoms with Gasteiger partial charge in [-0.25, -0.2) is 22.8 Å². The highest BCUT2D eigenvalue weighted by atomic mass is 127. The molecule has 178 valence electrons. The van der Waals surface area contributed by atoms with Gasteiger partial charge >= 0.3 is 29.3 Å². The predicted octanol–water partition coefficient (Wildman–Crippen LogP) is 2.54. The first-order valence-electron chi connectivity index (χ1n) is 7.81. The minimum Gasteiger partial charge on any atom is -0.743 e. The van der Waals surface area contributed by atoms with Gasteiger partial charge in [-0.15, -0.1) is 0 Å². The average molecular weight is 601 g/mol. The van der Waals surface area contributed by atoms with Crippen LogP contribution in [0.25, 0.3) is 0 Å². The predicted molar refractivity (Wildman–Crippen MR) is 100 cm³/mol. The van der Waals surface area contributed by atoms with E-state index in [1.165, 1.54) is 29.5 Å². The quantitative estimate of drug-likeness (QED) is 0.110. The zero-order valence-corrected chi connectivity index (χ0v) is 18.5. The Kier molecular flexibility index (Phi) is 8.72. The Hall–Kier alpha value is -2.34. The van der Waals surface area contributed by atoms with E-state index < -0.39 is 57.7 Å². The molecule has 1 aromatic carbocycles. The molecule has 16 heteroatoms. The lowest BCUT2D eigenvalue weighted by molar-refractivity contribution is -0.248. The molecule has 0 aliphatic carbocycles. The number of hydrogen-bond donors (Lipinski definition) is 0. The molecule has 0 aliphatic rings. The van der Waals surface area contributed by atoms with E-state index in [1.54, 1.807) is 0 Å². The van der Waals surface area contributed by atoms with E-state index in [-0.39, 0.29) is 14.9 Å². The fraction of sp³-hybridized carbons (Fsp3) is 0.312. The summed E-state index contributed by atoms with van der Waals surface area (Å²) in [5, 5.41) is -6.00. The number of rotatable bonds is 8. The van der Waals surface area contributed by atoms with Crippen molar-refractivity contribution in [3.8, 4) is 5.75 Å². The van der Waals surface area contributed by atoms with Crippen molar-refractivity contribution in [1.82, 2.24) is 0 Å². The van der Waals surface area contributed by atoms with Gasteiger partial charge in [0.25, 0.3) is 6.10 Å². The molecular weight excluding hydrogens is 590 g/mol. The summed E-state index contributed by atoms with van der Waals surface area (Å²) in [4.78, 5) is 34.7. The lowest BCUT2D eigenvalue weighted by Crippen LogP contribution is -2.52. The fourth-order valence-corrected chi connectivity index (χ4v) is 2.81. The van der Waals surface area contributed by atoms with Crippen molar-refractivity contribution in [3.05, 3.63) is 39.5 Å². The summed E-state index contributed by atoms with van der Waals surface area (Å²) in [6, 6.07) is 2.36. The van der Waals surface area contributed by atoms with E-state index in [1.807, 2.05) is 0 Å². The van der Waals surface area contributed by atoms with Crippen LogP contribution in [0.4, 0.5) is 22.0 Å². The highest BCUT2D eigenvalue weighted by Gasteiger charge is 2.63. The van der Waals surface area contributed by atoms with Gasteiger partial charge in [-0.05, 0) is 47.7 Å². The molecule has 9 nitrogen and oxygen atoms in total. The summed E-state index contributed by atoms with van der Waals surface area (Å²) in [7, 11) is -6.84. The topological polar surface area (TPSA) is 136 Å². The van der Waals surface area contributed by atoms with Crippen LogP contribution in [-0.2, 0) is 29.2 Å². The van der Waals surface area contributed by atoms with Gasteiger partial charge in [0.2, 0.25) is 0 Å². The van der Waals surface area contributed by atoms with Crippen molar-refractivity contribution in [1.29, 1.82) is 0 Å². The normalized spacial score (nSPS) is 13.1. The molecule has 0 spiro atoms. The third-order valence-electron chi connectivity index (χ3n) is 3.22. The number of hydrogen-bond acceptors (Lipinski definition) is 9. The number of benzene rings is 1. The molecule has 1 aromatic rings. The Balaban J connectivity index is 3.02. The van der Waals surface area contributed by atoms with Crippen molar-refractivity contribution in [3.63, 3.8) is 0 Å². The smallest absolute Gasteiger partial charge is 0.432 e. The molecule has 1 unspecified atom stereocenters. The molecule has 0 amide bonds. The Labute approximate surface area is 190 Å². The van der Waals surface area contributed by atoms with Gasteiger partial charge in [-0.2, -0.15) is 22.0 Å². The van der Waals surface area contributed by atoms with Gasteiger partial charge < -0.3 is 18.8 Å². The van der Waals surface area contributed by atoms with Crippen molar-refractivity contribution in [2.45, 2.75) is 24.5 Å². The van der Waals surface area contributed by atoms with E-state index in [0.717, 1.165) is 12.1 Å². The Morgan fingerprint density at radius 1 is 1.19 bits per heavy atom. The van der Waals surface area contributed by atoms with E-state index in [9.17, 15) is 49.3 Å². The SMILES string of the molecule is C=C(C)C(=O)OCC(=O)Oc1ccc(C(=O)OC(C(F)(F)F)C(F)(F)S(=O)(=O)[O-])cc1I. The summed E-state index contributed by atoms with van der Waals surface area (Å²) in [6.45, 7) is 3.78. The molecule has 0 heterocycles. The fourth-order valence-electron chi connectivity index (χ4n) is 1.74. The van der Waals surface area contributed by atoms with Crippen LogP contribution in [0.3, 0.4) is 0 Å². The molecule has 0 saturated carbocycles. The molecular formula is C16H11F5IO9S-. The van der Waals surface area contributed by atoms with E-state index in [2.05, 4.69) is 16.1 Å². The number of halogens is 6. The first-order valence-corrected chi connectivity index (χ1v) is 10.3. The van der Waals surface area contributed by atoms with Gasteiger partial charge in [-0.3, -0.25) is 0 Å². The summed E-state index contributed by atoms with van der Waals surface area (Å²) < 4.78 is 110. The number of alkyl halides is 5. The maximum atomic E-state index is 13.4. The van der Waals surface area contributed by atoms with Crippen LogP contribution in [0.1, 0.15) is 17.3 Å². The molecule has 0 N–H and O–H groups in total. The second-order valence-electron chi connectivity index (χ2n) is 5.82. The van der Waals surface area contributed by atoms with Crippen molar-refractivity contribution in [2.75, 3.05) is 6.61 Å². The average Bonchev–Trinajstić information content (AvgIpc) is 2.63. The molecule has 0 radical (unpaired) electrons. The first-order chi connectivity index (χ1) is 14.4. The minimum atomic E-state index is -6.84. The molecule has 1 rings (SSSR count). The van der Waals surface area contributed by atoms with Crippen LogP contribution >= 0.6 is 22.6 Å². The monoisotopic (exact) mass is 601 g/mol. The first kappa shape index (κ1) is 27.7. The standard InChI is InChI=1S/C16H12F5IO9S/c1-7(2)12(24)29-6-11(23)30-10-4-3-8(5-9(10)22)13(25)31-14(15(17,18)19)16(20,21)32(26,27)28/h3-5,14H,1,6H2,2H3,(H,26,27,28)/p-1. The Morgan fingerprint density at radius 2 is 1.75 bits per heavy atom. The van der Waals surface area contributed by atoms with Gasteiger partial charge in [0.1, 0.15) is 5.75 Å². The summed E-state index contributed by atoms with van der Waals surface area (Å²) >= 11 is 1.46. The lowest BCUT2D eigenvalue weighted by atomic mass is 10.2. The molecule has 0 fully saturated rings. The second kappa shape index (κ2) is 10.1. The van der Waals surface area contributed by atoms with Crippen molar-refractivity contribution >= 4 is 50.6 Å². The third-order valence-corrected chi connectivity index (χ3v) is 4.95. The Morgan fingerprint density at radius 3 is 2.19 bits per heavy atom. The van der Waals surface area contributed by atoms with E-state index in [4.69, 9.17) is 4.74 Å². The number of carbonyl (C=O) groups excluding carboxylic acids is 3. The van der Waals surface area contributed by atoms with Gasteiger partial charge in [0, 0.05) is 5.57 Å². The van der Waals surface area contributed by atoms with Crippen LogP contribution in [0, 0.1) is 3.57 Å². The molecule has 0 bridgehead atoms. The zero-order valence-electron chi connectivity index (χ0n) is 15.6. The second-order valence-corrected chi connectivity index (χ2v) is 8.43. The van der Waals surface area contributed by atoms with Crippen LogP contribution in [0.2, 0.25) is 0 Å². The van der Waals surface area contributed by atoms with Crippen molar-refractivity contribution in [2.24, 2.45) is 0 Å².